The van der Waals surface area contributed by atoms with E-state index in [0.29, 0.717) is 10.9 Å². The van der Waals surface area contributed by atoms with Crippen LogP contribution in [0.2, 0.25) is 0 Å². The van der Waals surface area contributed by atoms with E-state index in [1.807, 2.05) is 0 Å². The largest absolute Gasteiger partial charge is 0.451 e. The monoisotopic (exact) mass is 413 g/mol. The Morgan fingerprint density at radius 2 is 2.03 bits per heavy atom. The maximum absolute atomic E-state index is 12.5. The Bertz CT molecular complexity index is 1230. The molecule has 0 saturated carbocycles. The van der Waals surface area contributed by atoms with Crippen molar-refractivity contribution in [2.45, 2.75) is 17.9 Å². The van der Waals surface area contributed by atoms with Crippen molar-refractivity contribution in [2.24, 2.45) is 0 Å². The number of fused-ring (bicyclic) bond motifs is 1. The number of H-pyrrole nitrogens is 1. The van der Waals surface area contributed by atoms with Crippen LogP contribution in [0, 0.1) is 0 Å². The molecule has 1 atom stereocenters. The summed E-state index contributed by atoms with van der Waals surface area (Å²) in [4.78, 5) is 31.5. The van der Waals surface area contributed by atoms with Gasteiger partial charge in [-0.05, 0) is 37.3 Å². The molecule has 0 saturated heterocycles. The zero-order valence-corrected chi connectivity index (χ0v) is 16.4. The number of ether oxygens (including phenoxy) is 1. The van der Waals surface area contributed by atoms with Crippen LogP contribution in [-0.2, 0) is 14.8 Å². The van der Waals surface area contributed by atoms with Gasteiger partial charge in [0.15, 0.2) is 11.9 Å². The second-order valence-electron chi connectivity index (χ2n) is 6.18. The van der Waals surface area contributed by atoms with Gasteiger partial charge in [0.05, 0.1) is 21.4 Å². The second kappa shape index (κ2) is 8.38. The fourth-order valence-corrected chi connectivity index (χ4v) is 3.67. The van der Waals surface area contributed by atoms with Crippen LogP contribution in [0.25, 0.3) is 10.9 Å². The van der Waals surface area contributed by atoms with Gasteiger partial charge in [0.25, 0.3) is 5.56 Å². The first-order valence-electron chi connectivity index (χ1n) is 8.72. The number of nitrogens with zero attached hydrogens (tertiary/aromatic N) is 1. The van der Waals surface area contributed by atoms with Gasteiger partial charge >= 0.3 is 5.97 Å². The third kappa shape index (κ3) is 4.58. The Morgan fingerprint density at radius 3 is 2.79 bits per heavy atom. The number of hydrogen-bond acceptors (Lipinski definition) is 6. The summed E-state index contributed by atoms with van der Waals surface area (Å²) in [6, 6.07) is 12.3. The van der Waals surface area contributed by atoms with Gasteiger partial charge in [-0.2, -0.15) is 0 Å². The normalized spacial score (nSPS) is 12.4. The molecule has 3 aromatic rings. The van der Waals surface area contributed by atoms with Crippen LogP contribution in [0.1, 0.15) is 29.2 Å². The van der Waals surface area contributed by atoms with Crippen molar-refractivity contribution < 1.29 is 17.9 Å². The Kier molecular flexibility index (Phi) is 5.90. The maximum Gasteiger partial charge on any atom is 0.338 e. The Morgan fingerprint density at radius 1 is 1.28 bits per heavy atom. The van der Waals surface area contributed by atoms with Gasteiger partial charge in [0.1, 0.15) is 0 Å². The van der Waals surface area contributed by atoms with Crippen LogP contribution >= 0.6 is 0 Å². The first-order valence-corrected chi connectivity index (χ1v) is 10.2. The number of aromatic amines is 1. The molecular formula is C20H19N3O5S. The van der Waals surface area contributed by atoms with Crippen molar-refractivity contribution >= 4 is 26.9 Å². The van der Waals surface area contributed by atoms with Crippen molar-refractivity contribution in [1.29, 1.82) is 0 Å². The topological polar surface area (TPSA) is 118 Å². The van der Waals surface area contributed by atoms with Crippen molar-refractivity contribution in [3.8, 4) is 0 Å². The molecular weight excluding hydrogens is 394 g/mol. The molecule has 0 fully saturated rings. The number of aromatic nitrogens is 2. The second-order valence-corrected chi connectivity index (χ2v) is 7.95. The van der Waals surface area contributed by atoms with Gasteiger partial charge < -0.3 is 9.72 Å². The molecule has 0 aliphatic heterocycles. The summed E-state index contributed by atoms with van der Waals surface area (Å²) in [5.74, 6) is -0.549. The van der Waals surface area contributed by atoms with E-state index in [0.717, 1.165) is 0 Å². The summed E-state index contributed by atoms with van der Waals surface area (Å²) in [6.45, 7) is 5.09. The molecule has 0 unspecified atom stereocenters. The lowest BCUT2D eigenvalue weighted by atomic mass is 10.2. The number of rotatable bonds is 7. The Balaban J connectivity index is 1.82. The molecule has 2 N–H and O–H groups in total. The quantitative estimate of drug-likeness (QED) is 0.453. The summed E-state index contributed by atoms with van der Waals surface area (Å²) < 4.78 is 32.1. The van der Waals surface area contributed by atoms with Crippen molar-refractivity contribution in [3.63, 3.8) is 0 Å². The smallest absolute Gasteiger partial charge is 0.338 e. The molecule has 1 aromatic heterocycles. The zero-order chi connectivity index (χ0) is 21.0. The summed E-state index contributed by atoms with van der Waals surface area (Å²) in [5.41, 5.74) is 0.201. The summed E-state index contributed by atoms with van der Waals surface area (Å²) in [6.07, 6.45) is 0.563. The average Bonchev–Trinajstić information content (AvgIpc) is 2.72. The first kappa shape index (κ1) is 20.4. The Labute approximate surface area is 167 Å². The van der Waals surface area contributed by atoms with Gasteiger partial charge in [0, 0.05) is 6.54 Å². The van der Waals surface area contributed by atoms with E-state index >= 15 is 0 Å². The highest BCUT2D eigenvalue weighted by molar-refractivity contribution is 7.89. The zero-order valence-electron chi connectivity index (χ0n) is 15.6. The third-order valence-electron chi connectivity index (χ3n) is 4.10. The Hall–Kier alpha value is -3.30. The number of esters is 1. The molecule has 29 heavy (non-hydrogen) atoms. The van der Waals surface area contributed by atoms with Gasteiger partial charge in [-0.25, -0.2) is 22.9 Å². The van der Waals surface area contributed by atoms with Gasteiger partial charge in [0.2, 0.25) is 10.0 Å². The minimum Gasteiger partial charge on any atom is -0.451 e. The minimum absolute atomic E-state index is 0.0569. The number of hydrogen-bond donors (Lipinski definition) is 2. The van der Waals surface area contributed by atoms with Crippen LogP contribution in [0.15, 0.2) is 70.9 Å². The molecule has 150 valence electrons. The summed E-state index contributed by atoms with van der Waals surface area (Å²) >= 11 is 0. The van der Waals surface area contributed by atoms with Crippen molar-refractivity contribution in [1.82, 2.24) is 14.7 Å². The van der Waals surface area contributed by atoms with Crippen molar-refractivity contribution in [3.05, 3.63) is 82.9 Å². The summed E-state index contributed by atoms with van der Waals surface area (Å²) in [5, 5.41) is 0.430. The number of carbonyl (C=O) groups excluding carboxylic acids is 1. The SMILES string of the molecule is C=CCNS(=O)(=O)c1cccc(C(=O)O[C@H](C)c2nc3ccccc3c(=O)[nH]2)c1. The van der Waals surface area contributed by atoms with Crippen LogP contribution in [0.4, 0.5) is 0 Å². The number of para-hydroxylation sites is 1. The van der Waals surface area contributed by atoms with E-state index in [1.165, 1.54) is 30.3 Å². The van der Waals surface area contributed by atoms with E-state index in [1.54, 1.807) is 31.2 Å². The van der Waals surface area contributed by atoms with Gasteiger partial charge in [-0.3, -0.25) is 4.79 Å². The van der Waals surface area contributed by atoms with E-state index in [9.17, 15) is 18.0 Å². The standard InChI is InChI=1S/C20H19N3O5S/c1-3-11-21-29(26,27)15-8-6-7-14(12-15)20(25)28-13(2)18-22-17-10-5-4-9-16(17)19(24)23-18/h3-10,12-13,21H,1,11H2,2H3,(H,22,23,24)/t13-/m1/s1. The molecule has 0 radical (unpaired) electrons. The molecule has 2 aromatic carbocycles. The number of sulfonamides is 1. The molecule has 3 rings (SSSR count). The minimum atomic E-state index is -3.78. The molecule has 0 amide bonds. The van der Waals surface area contributed by atoms with Crippen LogP contribution in [-0.4, -0.2) is 30.9 Å². The molecule has 0 aliphatic rings. The lowest BCUT2D eigenvalue weighted by molar-refractivity contribution is 0.0319. The molecule has 9 heteroatoms. The van der Waals surface area contributed by atoms with Crippen LogP contribution in [0.3, 0.4) is 0 Å². The molecule has 0 spiro atoms. The summed E-state index contributed by atoms with van der Waals surface area (Å²) in [7, 11) is -3.78. The highest BCUT2D eigenvalue weighted by Crippen LogP contribution is 2.18. The first-order chi connectivity index (χ1) is 13.8. The highest BCUT2D eigenvalue weighted by atomic mass is 32.2. The van der Waals surface area contributed by atoms with Crippen molar-refractivity contribution in [2.75, 3.05) is 6.54 Å². The molecule has 8 nitrogen and oxygen atoms in total. The number of benzene rings is 2. The van der Waals surface area contributed by atoms with E-state index in [2.05, 4.69) is 21.3 Å². The third-order valence-corrected chi connectivity index (χ3v) is 5.52. The predicted molar refractivity (Wildman–Crippen MR) is 108 cm³/mol. The van der Waals surface area contributed by atoms with E-state index < -0.39 is 22.1 Å². The predicted octanol–water partition coefficient (Wildman–Crippen LogP) is 2.31. The number of carbonyl (C=O) groups is 1. The molecule has 0 bridgehead atoms. The highest BCUT2D eigenvalue weighted by Gasteiger charge is 2.19. The van der Waals surface area contributed by atoms with E-state index in [4.69, 9.17) is 4.74 Å². The lowest BCUT2D eigenvalue weighted by Crippen LogP contribution is -2.24. The number of nitrogens with one attached hydrogen (secondary N) is 2. The molecule has 0 aliphatic carbocycles. The maximum atomic E-state index is 12.5. The van der Waals surface area contributed by atoms with E-state index in [-0.39, 0.29) is 28.4 Å². The fraction of sp³-hybridized carbons (Fsp3) is 0.150. The molecule has 1 heterocycles. The average molecular weight is 413 g/mol. The van der Waals surface area contributed by atoms with Crippen LogP contribution in [0.5, 0.6) is 0 Å². The lowest BCUT2D eigenvalue weighted by Gasteiger charge is -2.13. The fourth-order valence-electron chi connectivity index (χ4n) is 2.62. The van der Waals surface area contributed by atoms with Gasteiger partial charge in [-0.15, -0.1) is 6.58 Å². The van der Waals surface area contributed by atoms with Crippen LogP contribution < -0.4 is 10.3 Å². The van der Waals surface area contributed by atoms with Gasteiger partial charge in [-0.1, -0.05) is 24.3 Å².